The second-order valence-corrected chi connectivity index (χ2v) is 7.04. The highest BCUT2D eigenvalue weighted by Gasteiger charge is 2.42. The van der Waals surface area contributed by atoms with Crippen LogP contribution in [0.2, 0.25) is 0 Å². The molecule has 2 rings (SSSR count). The number of thioether (sulfide) groups is 1. The van der Waals surface area contributed by atoms with Gasteiger partial charge in [0.2, 0.25) is 0 Å². The second kappa shape index (κ2) is 6.34. The van der Waals surface area contributed by atoms with E-state index >= 15 is 0 Å². The predicted molar refractivity (Wildman–Crippen MR) is 88.2 cm³/mol. The summed E-state index contributed by atoms with van der Waals surface area (Å²) in [4.78, 5) is 13.6. The van der Waals surface area contributed by atoms with Crippen LogP contribution in [0, 0.1) is 0 Å². The fraction of sp³-hybridized carbons (Fsp3) is 0.467. The number of phenols is 1. The fourth-order valence-corrected chi connectivity index (χ4v) is 4.04. The number of phenolic OH excluding ortho intramolecular Hbond substituents is 1. The van der Waals surface area contributed by atoms with E-state index in [0.29, 0.717) is 22.8 Å². The number of thiocarbonyl (C=S) groups is 1. The highest BCUT2D eigenvalue weighted by Crippen LogP contribution is 2.41. The van der Waals surface area contributed by atoms with Gasteiger partial charge in [-0.15, -0.1) is 0 Å². The van der Waals surface area contributed by atoms with Gasteiger partial charge in [-0.25, -0.2) is 0 Å². The molecule has 0 radical (unpaired) electrons. The van der Waals surface area contributed by atoms with Crippen molar-refractivity contribution in [3.63, 3.8) is 0 Å². The van der Waals surface area contributed by atoms with Crippen molar-refractivity contribution in [3.8, 4) is 11.5 Å². The van der Waals surface area contributed by atoms with E-state index in [1.54, 1.807) is 24.0 Å². The molecule has 5 nitrogen and oxygen atoms in total. The Morgan fingerprint density at radius 3 is 2.82 bits per heavy atom. The van der Waals surface area contributed by atoms with Crippen LogP contribution in [0.5, 0.6) is 11.5 Å². The molecule has 0 aromatic heterocycles. The fourth-order valence-electron chi connectivity index (χ4n) is 2.73. The number of methoxy groups -OCH3 is 1. The van der Waals surface area contributed by atoms with Gasteiger partial charge in [0.05, 0.1) is 13.1 Å². The van der Waals surface area contributed by atoms with Crippen molar-refractivity contribution < 1.29 is 19.7 Å². The number of ether oxygens (including phenoxy) is 1. The standard InChI is InChI=1S/C15H19NO4S2/c1-4-22-14(21)16-6-5-9-7-11(17)12(20-3)8-10(9)15(16,2)13(18)19/h7-8,17H,4-6H2,1-3H3,(H,18,19)/p-1/t15-/m1/s1. The minimum absolute atomic E-state index is 0.000840. The van der Waals surface area contributed by atoms with Crippen LogP contribution in [-0.4, -0.2) is 39.7 Å². The highest BCUT2D eigenvalue weighted by atomic mass is 32.2. The Labute approximate surface area is 139 Å². The molecule has 1 aliphatic rings. The summed E-state index contributed by atoms with van der Waals surface area (Å²) in [6, 6.07) is 3.12. The lowest BCUT2D eigenvalue weighted by Crippen LogP contribution is -2.59. The van der Waals surface area contributed by atoms with Crippen LogP contribution in [0.1, 0.15) is 25.0 Å². The number of hydrogen-bond acceptors (Lipinski definition) is 6. The lowest BCUT2D eigenvalue weighted by Gasteiger charge is -2.47. The topological polar surface area (TPSA) is 72.8 Å². The SMILES string of the molecule is CCSC(=S)N1CCc2cc(O)c(OC)cc2[C@]1(C)C(=O)[O-]. The molecule has 0 spiro atoms. The molecule has 1 aromatic carbocycles. The van der Waals surface area contributed by atoms with Gasteiger partial charge in [0, 0.05) is 6.54 Å². The van der Waals surface area contributed by atoms with Gasteiger partial charge in [-0.3, -0.25) is 0 Å². The molecule has 7 heteroatoms. The monoisotopic (exact) mass is 340 g/mol. The summed E-state index contributed by atoms with van der Waals surface area (Å²) >= 11 is 6.81. The number of rotatable bonds is 3. The lowest BCUT2D eigenvalue weighted by atomic mass is 9.82. The first kappa shape index (κ1) is 16.9. The molecule has 0 unspecified atom stereocenters. The average molecular weight is 340 g/mol. The van der Waals surface area contributed by atoms with E-state index in [4.69, 9.17) is 17.0 Å². The normalized spacial score (nSPS) is 20.4. The highest BCUT2D eigenvalue weighted by molar-refractivity contribution is 8.22. The maximum atomic E-state index is 11.9. The Balaban J connectivity index is 2.59. The van der Waals surface area contributed by atoms with Crippen molar-refractivity contribution >= 4 is 34.3 Å². The first-order valence-corrected chi connectivity index (χ1v) is 8.31. The number of fused-ring (bicyclic) bond motifs is 1. The van der Waals surface area contributed by atoms with E-state index in [0.717, 1.165) is 11.3 Å². The zero-order valence-electron chi connectivity index (χ0n) is 12.7. The number of nitrogens with zero attached hydrogens (tertiary/aromatic N) is 1. The van der Waals surface area contributed by atoms with Crippen LogP contribution in [0.25, 0.3) is 0 Å². The van der Waals surface area contributed by atoms with Gasteiger partial charge >= 0.3 is 0 Å². The summed E-state index contributed by atoms with van der Waals surface area (Å²) in [5.41, 5.74) is -0.0635. The van der Waals surface area contributed by atoms with Crippen LogP contribution < -0.4 is 9.84 Å². The Morgan fingerprint density at radius 1 is 1.59 bits per heavy atom. The molecule has 0 saturated heterocycles. The molecule has 0 saturated carbocycles. The molecule has 0 fully saturated rings. The van der Waals surface area contributed by atoms with Gasteiger partial charge in [-0.05, 0) is 42.4 Å². The quantitative estimate of drug-likeness (QED) is 0.831. The first-order valence-electron chi connectivity index (χ1n) is 6.92. The third-order valence-corrected chi connectivity index (χ3v) is 5.29. The number of hydrogen-bond donors (Lipinski definition) is 1. The maximum Gasteiger partial charge on any atom is 0.160 e. The van der Waals surface area contributed by atoms with Crippen molar-refractivity contribution in [2.45, 2.75) is 25.8 Å². The van der Waals surface area contributed by atoms with Gasteiger partial charge in [0.1, 0.15) is 9.86 Å². The summed E-state index contributed by atoms with van der Waals surface area (Å²) in [7, 11) is 1.43. The third kappa shape index (κ3) is 2.63. The number of aromatic hydroxyl groups is 1. The molecule has 0 aliphatic carbocycles. The zero-order chi connectivity index (χ0) is 16.5. The maximum absolute atomic E-state index is 11.9. The second-order valence-electron chi connectivity index (χ2n) is 5.14. The summed E-state index contributed by atoms with van der Waals surface area (Å²) in [6.07, 6.45) is 0.597. The van der Waals surface area contributed by atoms with Crippen molar-refractivity contribution in [2.75, 3.05) is 19.4 Å². The largest absolute Gasteiger partial charge is 0.547 e. The molecular formula is C15H18NO4S2-. The van der Waals surface area contributed by atoms with Gasteiger partial charge in [0.15, 0.2) is 11.5 Å². The minimum Gasteiger partial charge on any atom is -0.547 e. The molecule has 1 aromatic rings. The molecule has 120 valence electrons. The van der Waals surface area contributed by atoms with E-state index in [1.165, 1.54) is 18.9 Å². The number of carboxylic acid groups (broad SMARTS) is 1. The van der Waals surface area contributed by atoms with Crippen LogP contribution in [0.3, 0.4) is 0 Å². The van der Waals surface area contributed by atoms with Crippen LogP contribution in [0.15, 0.2) is 12.1 Å². The number of carboxylic acids is 1. The van der Waals surface area contributed by atoms with E-state index in [-0.39, 0.29) is 11.5 Å². The van der Waals surface area contributed by atoms with Gasteiger partial charge < -0.3 is 24.6 Å². The first-order chi connectivity index (χ1) is 10.4. The summed E-state index contributed by atoms with van der Waals surface area (Å²) in [5, 5.41) is 21.8. The third-order valence-electron chi connectivity index (χ3n) is 3.96. The van der Waals surface area contributed by atoms with Gasteiger partial charge in [0.25, 0.3) is 0 Å². The van der Waals surface area contributed by atoms with E-state index in [9.17, 15) is 15.0 Å². The minimum atomic E-state index is -1.38. The van der Waals surface area contributed by atoms with E-state index < -0.39 is 11.5 Å². The Kier molecular flexibility index (Phi) is 4.87. The Bertz CT molecular complexity index is 620. The number of benzene rings is 1. The zero-order valence-corrected chi connectivity index (χ0v) is 14.3. The molecule has 1 N–H and O–H groups in total. The van der Waals surface area contributed by atoms with Crippen molar-refractivity contribution in [1.29, 1.82) is 0 Å². The summed E-state index contributed by atoms with van der Waals surface area (Å²) < 4.78 is 5.64. The predicted octanol–water partition coefficient (Wildman–Crippen LogP) is 1.26. The lowest BCUT2D eigenvalue weighted by molar-refractivity contribution is -0.318. The van der Waals surface area contributed by atoms with Crippen molar-refractivity contribution in [2.24, 2.45) is 0 Å². The molecule has 0 amide bonds. The molecule has 1 aliphatic heterocycles. The molecule has 1 heterocycles. The van der Waals surface area contributed by atoms with E-state index in [1.807, 2.05) is 6.92 Å². The number of aliphatic carboxylic acids is 1. The number of carbonyl (C=O) groups is 1. The molecule has 0 bridgehead atoms. The molecule has 1 atom stereocenters. The number of carbonyl (C=O) groups excluding carboxylic acids is 1. The van der Waals surface area contributed by atoms with Crippen LogP contribution in [0.4, 0.5) is 0 Å². The van der Waals surface area contributed by atoms with Crippen molar-refractivity contribution in [3.05, 3.63) is 23.3 Å². The van der Waals surface area contributed by atoms with Crippen LogP contribution in [-0.2, 0) is 16.8 Å². The average Bonchev–Trinajstić information content (AvgIpc) is 2.47. The van der Waals surface area contributed by atoms with Crippen LogP contribution >= 0.6 is 24.0 Å². The van der Waals surface area contributed by atoms with Gasteiger partial charge in [-0.2, -0.15) is 0 Å². The van der Waals surface area contributed by atoms with E-state index in [2.05, 4.69) is 0 Å². The summed E-state index contributed by atoms with van der Waals surface area (Å²) in [6.45, 7) is 4.01. The molecular weight excluding hydrogens is 322 g/mol. The Hall–Kier alpha value is -1.47. The van der Waals surface area contributed by atoms with Gasteiger partial charge in [-0.1, -0.05) is 30.9 Å². The van der Waals surface area contributed by atoms with Crippen molar-refractivity contribution in [1.82, 2.24) is 4.90 Å². The smallest absolute Gasteiger partial charge is 0.160 e. The molecule has 22 heavy (non-hydrogen) atoms. The summed E-state index contributed by atoms with van der Waals surface area (Å²) in [5.74, 6) is -0.215. The Morgan fingerprint density at radius 2 is 2.27 bits per heavy atom.